The Balaban J connectivity index is 2.27. The molecule has 0 aliphatic carbocycles. The van der Waals surface area contributed by atoms with Crippen LogP contribution in [-0.4, -0.2) is 32.7 Å². The van der Waals surface area contributed by atoms with Gasteiger partial charge in [0.25, 0.3) is 0 Å². The fraction of sp³-hybridized carbons (Fsp3) is 0.364. The van der Waals surface area contributed by atoms with Gasteiger partial charge in [-0.15, -0.1) is 0 Å². The molecule has 8 heteroatoms. The van der Waals surface area contributed by atoms with Crippen LogP contribution in [0.5, 0.6) is 0 Å². The largest absolute Gasteiger partial charge is 0.389 e. The summed E-state index contributed by atoms with van der Waals surface area (Å²) in [4.78, 5) is 0.184. The third-order valence-electron chi connectivity index (χ3n) is 2.76. The first kappa shape index (κ1) is 14.7. The molecule has 0 spiro atoms. The number of halogens is 1. The molecule has 1 heterocycles. The average molecular weight is 321 g/mol. The maximum atomic E-state index is 12.2. The van der Waals surface area contributed by atoms with Crippen LogP contribution in [0.1, 0.15) is 12.0 Å². The van der Waals surface area contributed by atoms with Crippen molar-refractivity contribution in [3.8, 4) is 0 Å². The molecule has 1 aliphatic heterocycles. The molecule has 0 amide bonds. The van der Waals surface area contributed by atoms with Gasteiger partial charge in [0, 0.05) is 18.2 Å². The van der Waals surface area contributed by atoms with Crippen molar-refractivity contribution in [2.24, 2.45) is 5.73 Å². The SMILES string of the molecule is NC(=S)c1ccc(S(=O)(=O)NC2CCOC2)c(Cl)c1. The van der Waals surface area contributed by atoms with Crippen molar-refractivity contribution in [3.63, 3.8) is 0 Å². The van der Waals surface area contributed by atoms with Crippen LogP contribution in [0.15, 0.2) is 23.1 Å². The van der Waals surface area contributed by atoms with Crippen LogP contribution in [0, 0.1) is 0 Å². The van der Waals surface area contributed by atoms with Crippen molar-refractivity contribution in [1.82, 2.24) is 4.72 Å². The molecule has 1 fully saturated rings. The number of sulfonamides is 1. The Morgan fingerprint density at radius 1 is 1.53 bits per heavy atom. The van der Waals surface area contributed by atoms with Gasteiger partial charge in [-0.1, -0.05) is 29.9 Å². The predicted molar refractivity (Wildman–Crippen MR) is 76.9 cm³/mol. The normalized spacial score (nSPS) is 19.5. The summed E-state index contributed by atoms with van der Waals surface area (Å²) in [7, 11) is -3.66. The number of rotatable bonds is 4. The van der Waals surface area contributed by atoms with Gasteiger partial charge < -0.3 is 10.5 Å². The number of hydrogen-bond donors (Lipinski definition) is 2. The Labute approximate surface area is 122 Å². The van der Waals surface area contributed by atoms with Gasteiger partial charge in [-0.3, -0.25) is 0 Å². The first-order valence-electron chi connectivity index (χ1n) is 5.59. The minimum absolute atomic E-state index is 0.0149. The number of benzene rings is 1. The molecule has 0 radical (unpaired) electrons. The van der Waals surface area contributed by atoms with Gasteiger partial charge in [-0.05, 0) is 18.6 Å². The van der Waals surface area contributed by atoms with Crippen molar-refractivity contribution in [1.29, 1.82) is 0 Å². The van der Waals surface area contributed by atoms with Crippen LogP contribution in [0.4, 0.5) is 0 Å². The molecule has 1 aromatic rings. The fourth-order valence-corrected chi connectivity index (χ4v) is 3.71. The second-order valence-electron chi connectivity index (χ2n) is 4.19. The van der Waals surface area contributed by atoms with E-state index in [1.165, 1.54) is 18.2 Å². The Bertz CT molecular complexity index is 598. The summed E-state index contributed by atoms with van der Waals surface area (Å²) in [6.45, 7) is 0.934. The summed E-state index contributed by atoms with van der Waals surface area (Å²) in [5.41, 5.74) is 6.00. The van der Waals surface area contributed by atoms with Crippen LogP contribution in [0.25, 0.3) is 0 Å². The molecule has 1 atom stereocenters. The molecule has 0 aromatic heterocycles. The highest BCUT2D eigenvalue weighted by Gasteiger charge is 2.25. The lowest BCUT2D eigenvalue weighted by Gasteiger charge is -2.13. The first-order chi connectivity index (χ1) is 8.90. The molecule has 5 nitrogen and oxygen atoms in total. The molecular formula is C11H13ClN2O3S2. The molecule has 3 N–H and O–H groups in total. The molecule has 1 saturated heterocycles. The zero-order valence-electron chi connectivity index (χ0n) is 9.93. The van der Waals surface area contributed by atoms with Crippen molar-refractivity contribution < 1.29 is 13.2 Å². The van der Waals surface area contributed by atoms with E-state index in [1.807, 2.05) is 0 Å². The summed E-state index contributed by atoms with van der Waals surface area (Å²) < 4.78 is 32.0. The van der Waals surface area contributed by atoms with Crippen LogP contribution in [-0.2, 0) is 14.8 Å². The Hall–Kier alpha value is -0.730. The maximum Gasteiger partial charge on any atom is 0.242 e. The van der Waals surface area contributed by atoms with E-state index >= 15 is 0 Å². The topological polar surface area (TPSA) is 81.4 Å². The Morgan fingerprint density at radius 3 is 2.79 bits per heavy atom. The van der Waals surface area contributed by atoms with E-state index in [0.717, 1.165) is 0 Å². The predicted octanol–water partition coefficient (Wildman–Crippen LogP) is 1.04. The van der Waals surface area contributed by atoms with Crippen LogP contribution >= 0.6 is 23.8 Å². The van der Waals surface area contributed by atoms with Gasteiger partial charge >= 0.3 is 0 Å². The number of thiocarbonyl (C=S) groups is 1. The van der Waals surface area contributed by atoms with Crippen LogP contribution < -0.4 is 10.5 Å². The highest BCUT2D eigenvalue weighted by Crippen LogP contribution is 2.23. The lowest BCUT2D eigenvalue weighted by molar-refractivity contribution is 0.192. The van der Waals surface area contributed by atoms with E-state index in [4.69, 9.17) is 34.3 Å². The highest BCUT2D eigenvalue weighted by atomic mass is 35.5. The molecule has 19 heavy (non-hydrogen) atoms. The number of nitrogens with two attached hydrogens (primary N) is 1. The van der Waals surface area contributed by atoms with Gasteiger partial charge in [-0.25, -0.2) is 13.1 Å². The van der Waals surface area contributed by atoms with E-state index in [0.29, 0.717) is 25.2 Å². The number of nitrogens with one attached hydrogen (secondary N) is 1. The molecule has 1 aromatic carbocycles. The third-order valence-corrected chi connectivity index (χ3v) is 5.00. The van der Waals surface area contributed by atoms with Gasteiger partial charge in [0.15, 0.2) is 0 Å². The van der Waals surface area contributed by atoms with E-state index in [-0.39, 0.29) is 20.9 Å². The van der Waals surface area contributed by atoms with Crippen LogP contribution in [0.3, 0.4) is 0 Å². The quantitative estimate of drug-likeness (QED) is 0.810. The van der Waals surface area contributed by atoms with Gasteiger partial charge in [0.1, 0.15) is 9.88 Å². The second kappa shape index (κ2) is 5.72. The van der Waals surface area contributed by atoms with E-state index < -0.39 is 10.0 Å². The van der Waals surface area contributed by atoms with E-state index in [2.05, 4.69) is 4.72 Å². The van der Waals surface area contributed by atoms with Gasteiger partial charge in [0.2, 0.25) is 10.0 Å². The van der Waals surface area contributed by atoms with E-state index in [9.17, 15) is 8.42 Å². The minimum atomic E-state index is -3.66. The summed E-state index contributed by atoms with van der Waals surface area (Å²) in [6.07, 6.45) is 0.655. The third kappa shape index (κ3) is 3.43. The maximum absolute atomic E-state index is 12.2. The van der Waals surface area contributed by atoms with Crippen LogP contribution in [0.2, 0.25) is 5.02 Å². The summed E-state index contributed by atoms with van der Waals surface area (Å²) in [6, 6.07) is 4.17. The molecule has 1 unspecified atom stereocenters. The number of hydrogen-bond acceptors (Lipinski definition) is 4. The minimum Gasteiger partial charge on any atom is -0.389 e. The van der Waals surface area contributed by atoms with Crippen molar-refractivity contribution in [2.75, 3.05) is 13.2 Å². The smallest absolute Gasteiger partial charge is 0.242 e. The summed E-state index contributed by atoms with van der Waals surface area (Å²) in [5.74, 6) is 0. The lowest BCUT2D eigenvalue weighted by atomic mass is 10.2. The molecule has 0 bridgehead atoms. The highest BCUT2D eigenvalue weighted by molar-refractivity contribution is 7.89. The summed E-state index contributed by atoms with van der Waals surface area (Å²) in [5, 5.41) is 0.0942. The zero-order valence-corrected chi connectivity index (χ0v) is 12.3. The van der Waals surface area contributed by atoms with Crippen molar-refractivity contribution >= 4 is 38.8 Å². The first-order valence-corrected chi connectivity index (χ1v) is 7.86. The standard InChI is InChI=1S/C11H13ClN2O3S2/c12-9-5-7(11(13)18)1-2-10(9)19(15,16)14-8-3-4-17-6-8/h1-2,5,8,14H,3-4,6H2,(H2,13,18). The van der Waals surface area contributed by atoms with Gasteiger partial charge in [0.05, 0.1) is 11.6 Å². The molecule has 0 saturated carbocycles. The molecule has 2 rings (SSSR count). The average Bonchev–Trinajstić information content (AvgIpc) is 2.80. The molecule has 104 valence electrons. The van der Waals surface area contributed by atoms with Crippen molar-refractivity contribution in [3.05, 3.63) is 28.8 Å². The lowest BCUT2D eigenvalue weighted by Crippen LogP contribution is -2.35. The zero-order chi connectivity index (χ0) is 14.0. The fourth-order valence-electron chi connectivity index (χ4n) is 1.78. The van der Waals surface area contributed by atoms with E-state index in [1.54, 1.807) is 0 Å². The Kier molecular flexibility index (Phi) is 4.42. The van der Waals surface area contributed by atoms with Gasteiger partial charge in [-0.2, -0.15) is 0 Å². The van der Waals surface area contributed by atoms with Crippen molar-refractivity contribution in [2.45, 2.75) is 17.4 Å². The number of ether oxygens (including phenoxy) is 1. The second-order valence-corrected chi connectivity index (χ2v) is 6.72. The monoisotopic (exact) mass is 320 g/mol. The molecular weight excluding hydrogens is 308 g/mol. The summed E-state index contributed by atoms with van der Waals surface area (Å²) >= 11 is 10.8. The molecule has 1 aliphatic rings. The Morgan fingerprint density at radius 2 is 2.26 bits per heavy atom.